The maximum absolute atomic E-state index is 13.1. The third-order valence-corrected chi connectivity index (χ3v) is 15.8. The Kier molecular flexibility index (Phi) is 55.7. The third-order valence-electron chi connectivity index (χ3n) is 15.8. The molecule has 0 aromatic rings. The average Bonchev–Trinajstić information content (AvgIpc) is 3.47. The molecular formula is C70H127NO10. The lowest BCUT2D eigenvalue weighted by Crippen LogP contribution is -2.60. The summed E-state index contributed by atoms with van der Waals surface area (Å²) < 4.78 is 16.7. The first-order valence-electron chi connectivity index (χ1n) is 34.1. The average molecular weight is 1140 g/mol. The summed E-state index contributed by atoms with van der Waals surface area (Å²) in [7, 11) is 0. The molecule has 1 saturated heterocycles. The van der Waals surface area contributed by atoms with Gasteiger partial charge in [0, 0.05) is 12.8 Å². The first-order valence-corrected chi connectivity index (χ1v) is 34.1. The Hall–Kier alpha value is -2.64. The number of hydrogen-bond donors (Lipinski definition) is 6. The first kappa shape index (κ1) is 76.4. The smallest absolute Gasteiger partial charge is 0.305 e. The molecule has 0 bridgehead atoms. The number of esters is 1. The molecule has 7 atom stereocenters. The molecular weight excluding hydrogens is 1010 g/mol. The zero-order valence-corrected chi connectivity index (χ0v) is 52.2. The van der Waals surface area contributed by atoms with E-state index in [-0.39, 0.29) is 18.5 Å². The van der Waals surface area contributed by atoms with E-state index in [0.29, 0.717) is 19.4 Å². The topological polar surface area (TPSA) is 175 Å². The van der Waals surface area contributed by atoms with E-state index in [1.165, 1.54) is 186 Å². The van der Waals surface area contributed by atoms with Gasteiger partial charge in [0.25, 0.3) is 0 Å². The van der Waals surface area contributed by atoms with E-state index in [1.807, 2.05) is 6.08 Å². The highest BCUT2D eigenvalue weighted by Crippen LogP contribution is 2.23. The van der Waals surface area contributed by atoms with Gasteiger partial charge in [0.1, 0.15) is 24.4 Å². The van der Waals surface area contributed by atoms with Gasteiger partial charge in [0.2, 0.25) is 5.91 Å². The summed E-state index contributed by atoms with van der Waals surface area (Å²) in [5, 5.41) is 54.5. The van der Waals surface area contributed by atoms with Gasteiger partial charge in [0.05, 0.1) is 32.0 Å². The number of carbonyl (C=O) groups is 2. The van der Waals surface area contributed by atoms with Crippen molar-refractivity contribution >= 4 is 11.9 Å². The van der Waals surface area contributed by atoms with Crippen LogP contribution in [0.4, 0.5) is 0 Å². The van der Waals surface area contributed by atoms with Crippen LogP contribution in [0.5, 0.6) is 0 Å². The maximum atomic E-state index is 13.1. The fourth-order valence-corrected chi connectivity index (χ4v) is 10.4. The number of aliphatic hydroxyl groups excluding tert-OH is 5. The van der Waals surface area contributed by atoms with Gasteiger partial charge in [-0.2, -0.15) is 0 Å². The highest BCUT2D eigenvalue weighted by molar-refractivity contribution is 5.76. The van der Waals surface area contributed by atoms with Crippen molar-refractivity contribution in [3.8, 4) is 0 Å². The Labute approximate surface area is 497 Å². The minimum Gasteiger partial charge on any atom is -0.466 e. The number of nitrogens with one attached hydrogen (secondary N) is 1. The van der Waals surface area contributed by atoms with Crippen LogP contribution in [0.2, 0.25) is 0 Å². The van der Waals surface area contributed by atoms with Crippen molar-refractivity contribution in [2.24, 2.45) is 0 Å². The molecule has 0 aliphatic carbocycles. The highest BCUT2D eigenvalue weighted by atomic mass is 16.7. The molecule has 472 valence electrons. The standard InChI is InChI=1S/C70H127NO10/c1-3-5-7-9-11-13-15-17-29-33-36-40-44-48-52-56-63(73)62(61-80-70-69(78)68(77)67(76)64(60-72)81-70)71-65(74)57-53-49-45-41-37-34-30-27-25-23-21-19-18-20-22-24-26-28-31-35-39-43-47-51-55-59-79-66(75)58-54-50-46-42-38-32-16-14-12-10-8-6-4-2/h8,10,14,16,19-22,52,56,62-64,67-70,72-73,76-78H,3-7,9,11-13,15,17-18,23-51,53-55,57-61H2,1-2H3,(H,71,74)/b10-8-,16-14-,21-19-,22-20-,56-52+. The van der Waals surface area contributed by atoms with Gasteiger partial charge in [-0.3, -0.25) is 9.59 Å². The van der Waals surface area contributed by atoms with Crippen molar-refractivity contribution in [3.05, 3.63) is 60.8 Å². The molecule has 1 amide bonds. The number of amides is 1. The van der Waals surface area contributed by atoms with Gasteiger partial charge in [-0.25, -0.2) is 0 Å². The molecule has 0 saturated carbocycles. The Bertz CT molecular complexity index is 1530. The van der Waals surface area contributed by atoms with Gasteiger partial charge in [0.15, 0.2) is 6.29 Å². The molecule has 6 N–H and O–H groups in total. The van der Waals surface area contributed by atoms with E-state index in [1.54, 1.807) is 6.08 Å². The normalized spacial score (nSPS) is 18.6. The Morgan fingerprint density at radius 3 is 1.30 bits per heavy atom. The quantitative estimate of drug-likeness (QED) is 0.0195. The predicted octanol–water partition coefficient (Wildman–Crippen LogP) is 17.0. The van der Waals surface area contributed by atoms with Crippen molar-refractivity contribution in [1.29, 1.82) is 0 Å². The molecule has 81 heavy (non-hydrogen) atoms. The lowest BCUT2D eigenvalue weighted by atomic mass is 9.99. The van der Waals surface area contributed by atoms with Crippen LogP contribution in [0.25, 0.3) is 0 Å². The summed E-state index contributed by atoms with van der Waals surface area (Å²) in [5.74, 6) is -0.204. The van der Waals surface area contributed by atoms with Crippen molar-refractivity contribution in [2.45, 2.75) is 352 Å². The van der Waals surface area contributed by atoms with Crippen LogP contribution in [0.15, 0.2) is 60.8 Å². The molecule has 0 aromatic carbocycles. The molecule has 11 heteroatoms. The fourth-order valence-electron chi connectivity index (χ4n) is 10.4. The van der Waals surface area contributed by atoms with E-state index in [9.17, 15) is 35.1 Å². The van der Waals surface area contributed by atoms with Crippen LogP contribution >= 0.6 is 0 Å². The van der Waals surface area contributed by atoms with Crippen LogP contribution in [-0.2, 0) is 23.8 Å². The molecule has 0 radical (unpaired) electrons. The summed E-state index contributed by atoms with van der Waals surface area (Å²) >= 11 is 0. The highest BCUT2D eigenvalue weighted by Gasteiger charge is 2.44. The molecule has 0 aromatic heterocycles. The van der Waals surface area contributed by atoms with Gasteiger partial charge < -0.3 is 45.1 Å². The van der Waals surface area contributed by atoms with Gasteiger partial charge >= 0.3 is 5.97 Å². The summed E-state index contributed by atoms with van der Waals surface area (Å²) in [4.78, 5) is 25.1. The number of aliphatic hydroxyl groups is 5. The molecule has 1 heterocycles. The minimum absolute atomic E-state index is 0.0173. The maximum Gasteiger partial charge on any atom is 0.305 e. The predicted molar refractivity (Wildman–Crippen MR) is 338 cm³/mol. The monoisotopic (exact) mass is 1140 g/mol. The summed E-state index contributed by atoms with van der Waals surface area (Å²) in [6.07, 6.45) is 67.5. The number of rotatable bonds is 59. The number of unbranched alkanes of at least 4 members (excludes halogenated alkanes) is 37. The fraction of sp³-hybridized carbons (Fsp3) is 0.829. The Morgan fingerprint density at radius 2 is 0.852 bits per heavy atom. The number of hydrogen-bond acceptors (Lipinski definition) is 10. The van der Waals surface area contributed by atoms with E-state index in [4.69, 9.17) is 14.2 Å². The second-order valence-corrected chi connectivity index (χ2v) is 23.5. The molecule has 11 nitrogen and oxygen atoms in total. The van der Waals surface area contributed by atoms with Crippen LogP contribution in [0.3, 0.4) is 0 Å². The van der Waals surface area contributed by atoms with Gasteiger partial charge in [-0.05, 0) is 89.9 Å². The second-order valence-electron chi connectivity index (χ2n) is 23.5. The second kappa shape index (κ2) is 59.1. The lowest BCUT2D eigenvalue weighted by Gasteiger charge is -2.40. The summed E-state index contributed by atoms with van der Waals surface area (Å²) in [6, 6.07) is -0.816. The molecule has 0 spiro atoms. The zero-order valence-electron chi connectivity index (χ0n) is 52.2. The third kappa shape index (κ3) is 48.3. The largest absolute Gasteiger partial charge is 0.466 e. The minimum atomic E-state index is -1.57. The van der Waals surface area contributed by atoms with Crippen LogP contribution in [0.1, 0.15) is 309 Å². The Balaban J connectivity index is 2.05. The first-order chi connectivity index (χ1) is 39.7. The number of allylic oxidation sites excluding steroid dienone is 9. The van der Waals surface area contributed by atoms with E-state index in [2.05, 4.69) is 67.8 Å². The molecule has 1 aliphatic heterocycles. The summed E-state index contributed by atoms with van der Waals surface area (Å²) in [5.41, 5.74) is 0. The van der Waals surface area contributed by atoms with Crippen molar-refractivity contribution in [3.63, 3.8) is 0 Å². The molecule has 1 fully saturated rings. The van der Waals surface area contributed by atoms with E-state index < -0.39 is 49.5 Å². The van der Waals surface area contributed by atoms with E-state index >= 15 is 0 Å². The number of carbonyl (C=O) groups excluding carboxylic acids is 2. The van der Waals surface area contributed by atoms with Gasteiger partial charge in [-0.1, -0.05) is 267 Å². The Morgan fingerprint density at radius 1 is 0.457 bits per heavy atom. The van der Waals surface area contributed by atoms with Gasteiger partial charge in [-0.15, -0.1) is 0 Å². The zero-order chi connectivity index (χ0) is 58.7. The molecule has 1 rings (SSSR count). The number of ether oxygens (including phenoxy) is 3. The molecule has 1 aliphatic rings. The molecule has 7 unspecified atom stereocenters. The van der Waals surface area contributed by atoms with Crippen LogP contribution in [-0.4, -0.2) is 100 Å². The summed E-state index contributed by atoms with van der Waals surface area (Å²) in [6.45, 7) is 4.28. The van der Waals surface area contributed by atoms with Crippen LogP contribution in [0, 0.1) is 0 Å². The van der Waals surface area contributed by atoms with Crippen molar-refractivity contribution in [2.75, 3.05) is 19.8 Å². The SMILES string of the molecule is CCC/C=C\C/C=C\CCCCCCCC(=O)OCCCCCCCCCCC/C=C\C/C=C\CCCCCCCCCCCC(=O)NC(COC1OC(CO)C(O)C(O)C1O)C(O)/C=C/CCCCCCCCCCCCCCC. The van der Waals surface area contributed by atoms with Crippen molar-refractivity contribution < 1.29 is 49.3 Å². The van der Waals surface area contributed by atoms with E-state index in [0.717, 1.165) is 96.3 Å². The van der Waals surface area contributed by atoms with Crippen LogP contribution < -0.4 is 5.32 Å². The van der Waals surface area contributed by atoms with Crippen molar-refractivity contribution in [1.82, 2.24) is 5.32 Å². The lowest BCUT2D eigenvalue weighted by molar-refractivity contribution is -0.302.